The summed E-state index contributed by atoms with van der Waals surface area (Å²) in [4.78, 5) is 33.6. The van der Waals surface area contributed by atoms with E-state index in [9.17, 15) is 4.79 Å². The third-order valence-corrected chi connectivity index (χ3v) is 12.2. The Morgan fingerprint density at radius 1 is 0.382 bits per heavy atom. The average Bonchev–Trinajstić information content (AvgIpc) is 4.20. The number of benzene rings is 4. The smallest absolute Gasteiger partial charge is 0.657 e. The van der Waals surface area contributed by atoms with Crippen LogP contribution in [0.1, 0.15) is 10.5 Å². The fraction of sp³-hybridized carbons (Fsp3) is 0.163. The van der Waals surface area contributed by atoms with Crippen molar-refractivity contribution in [2.45, 2.75) is 0 Å². The van der Waals surface area contributed by atoms with Gasteiger partial charge in [-0.05, 0) is 0 Å². The molecule has 27 heteroatoms. The Hall–Kier alpha value is -8.09. The Morgan fingerprint density at radius 3 is 1.07 bits per heavy atom. The number of hydrogen-bond acceptors (Lipinski definition) is 10. The van der Waals surface area contributed by atoms with Crippen molar-refractivity contribution in [3.63, 3.8) is 0 Å². The number of anilines is 4. The fourth-order valence-electron chi connectivity index (χ4n) is 8.94. The maximum Gasteiger partial charge on any atom is 2.00 e. The maximum atomic E-state index is 16.6. The zero-order chi connectivity index (χ0) is 54.4. The molecule has 0 amide bonds. The third-order valence-electron chi connectivity index (χ3n) is 12.2. The number of halogens is 14. The number of nitrogens with zero attached hydrogens (tertiary/aromatic N) is 8. The van der Waals surface area contributed by atoms with E-state index in [2.05, 4.69) is 19.9 Å². The van der Waals surface area contributed by atoms with Crippen LogP contribution in [-0.4, -0.2) is 72.3 Å². The van der Waals surface area contributed by atoms with Crippen LogP contribution in [0.25, 0.3) is 88.5 Å². The normalized spacial score (nSPS) is 12.1. The van der Waals surface area contributed by atoms with Gasteiger partial charge >= 0.3 is 25.4 Å². The summed E-state index contributed by atoms with van der Waals surface area (Å²) in [5.74, 6) is -31.0. The van der Waals surface area contributed by atoms with Crippen molar-refractivity contribution in [3.8, 4) is 28.1 Å². The Bertz CT molecular complexity index is 4170. The van der Waals surface area contributed by atoms with Gasteiger partial charge in [0, 0.05) is 78.3 Å². The van der Waals surface area contributed by atoms with Gasteiger partial charge in [0.15, 0.2) is 98.3 Å². The van der Waals surface area contributed by atoms with Gasteiger partial charge in [-0.25, -0.2) is 71.2 Å². The summed E-state index contributed by atoms with van der Waals surface area (Å²) in [5.41, 5.74) is -20.0. The van der Waals surface area contributed by atoms with E-state index in [1.54, 1.807) is 0 Å². The predicted molar refractivity (Wildman–Crippen MR) is 246 cm³/mol. The van der Waals surface area contributed by atoms with Gasteiger partial charge in [0.1, 0.15) is 22.7 Å². The first kappa shape index (κ1) is 52.8. The molecule has 6 heterocycles. The van der Waals surface area contributed by atoms with Gasteiger partial charge in [0.05, 0.1) is 21.9 Å². The molecule has 0 N–H and O–H groups in total. The van der Waals surface area contributed by atoms with Crippen molar-refractivity contribution in [2.75, 3.05) is 76.0 Å². The van der Waals surface area contributed by atoms with Crippen LogP contribution in [0.15, 0.2) is 33.1 Å². The number of hydrogen-bond donors (Lipinski definition) is 0. The number of rotatable bonds is 6. The number of aromatic nitrogens is 4. The van der Waals surface area contributed by atoms with Gasteiger partial charge in [-0.15, -0.1) is 22.1 Å². The van der Waals surface area contributed by atoms with Crippen molar-refractivity contribution in [2.24, 2.45) is 0 Å². The molecule has 0 saturated heterocycles. The number of fused-ring (bicyclic) bond motifs is 14. The number of ether oxygens (including phenoxy) is 1. The summed E-state index contributed by atoms with van der Waals surface area (Å²) in [7, 11) is 8.51. The monoisotopic (exact) mass is 1120 g/mol. The van der Waals surface area contributed by atoms with E-state index in [0.29, 0.717) is 9.80 Å². The zero-order valence-electron chi connectivity index (χ0n) is 40.0. The third kappa shape index (κ3) is 7.39. The van der Waals surface area contributed by atoms with Crippen LogP contribution < -0.4 is 34.3 Å². The summed E-state index contributed by atoms with van der Waals surface area (Å²) in [6.07, 6.45) is 0. The molecule has 0 saturated carbocycles. The number of carbonyl (C=O) groups excluding carboxylic acids is 1. The Labute approximate surface area is 428 Å². The van der Waals surface area contributed by atoms with E-state index >= 15 is 61.5 Å². The molecule has 10 rings (SSSR count). The van der Waals surface area contributed by atoms with Crippen LogP contribution in [0.5, 0.6) is 5.88 Å². The van der Waals surface area contributed by atoms with Crippen molar-refractivity contribution >= 4 is 94.9 Å². The average molecular weight is 1120 g/mol. The van der Waals surface area contributed by atoms with Crippen molar-refractivity contribution in [3.05, 3.63) is 111 Å². The van der Waals surface area contributed by atoms with Gasteiger partial charge in [-0.3, -0.25) is 0 Å². The fourth-order valence-corrected chi connectivity index (χ4v) is 8.94. The van der Waals surface area contributed by atoms with Crippen LogP contribution in [-0.2, 0) is 19.5 Å². The second kappa shape index (κ2) is 18.3. The Kier molecular flexibility index (Phi) is 12.7. The van der Waals surface area contributed by atoms with E-state index in [-0.39, 0.29) is 19.5 Å². The molecule has 12 nitrogen and oxygen atoms in total. The van der Waals surface area contributed by atoms with E-state index in [0.717, 1.165) is 90.4 Å². The molecule has 1 aliphatic rings. The molecule has 5 aromatic heterocycles. The first-order valence-electron chi connectivity index (χ1n) is 21.4. The Morgan fingerprint density at radius 2 is 0.697 bits per heavy atom. The van der Waals surface area contributed by atoms with Gasteiger partial charge in [0.25, 0.3) is 0 Å². The van der Waals surface area contributed by atoms with Crippen LogP contribution in [0.2, 0.25) is 0 Å². The molecule has 6 bridgehead atoms. The topological polar surface area (TPSA) is 120 Å². The zero-order valence-corrected chi connectivity index (χ0v) is 43.0. The minimum atomic E-state index is -2.23. The van der Waals surface area contributed by atoms with Gasteiger partial charge < -0.3 is 43.1 Å². The minimum absolute atomic E-state index is 0. The molecule has 0 aliphatic carbocycles. The molecule has 0 atom stereocenters. The van der Waals surface area contributed by atoms with Crippen LogP contribution in [0.4, 0.5) is 84.2 Å². The predicted octanol–water partition coefficient (Wildman–Crippen LogP) is 11.8. The van der Waals surface area contributed by atoms with Crippen molar-refractivity contribution in [1.82, 2.24) is 19.9 Å². The quantitative estimate of drug-likeness (QED) is 0.0682. The van der Waals surface area contributed by atoms with E-state index in [1.807, 2.05) is 0 Å². The molecule has 0 fully saturated rings. The first-order valence-corrected chi connectivity index (χ1v) is 21.4. The summed E-state index contributed by atoms with van der Waals surface area (Å²) < 4.78 is 245. The van der Waals surface area contributed by atoms with Gasteiger partial charge in [-0.2, -0.15) is 4.98 Å². The standard InChI is InChI=1S/C49H29F14N8O4.Zn/c1-68(2)40-31(56)25(50)21(26(51)32(40)57)17-13-9-10-15(64-13)19-23-29(54)35(60)42(70(5)6)37(62)44(23)73-47(19)67-48-20(24-30(55)36(61)43(71(7)8)38(63)45(24)74-48)16-12-11-14(65-16)18(46-66-39(17)49(72)75-46)22-27(52)33(58)41(69(3)4)34(59)28(22)53;/h9-12H,1-8H3,(H-,64,65,66,67,72);/q-1;+2/p-1. The molecule has 0 spiro atoms. The van der Waals surface area contributed by atoms with Gasteiger partial charge in [0.2, 0.25) is 17.3 Å². The molecule has 0 unspecified atom stereocenters. The molecule has 388 valence electrons. The molecular formula is C49H28F14N8O4Zn. The van der Waals surface area contributed by atoms with E-state index in [4.69, 9.17) is 13.6 Å². The molecule has 0 radical (unpaired) electrons. The summed E-state index contributed by atoms with van der Waals surface area (Å²) in [5, 5.41) is -3.99. The van der Waals surface area contributed by atoms with E-state index < -0.39 is 210 Å². The van der Waals surface area contributed by atoms with Crippen LogP contribution in [0.3, 0.4) is 0 Å². The molecule has 4 aromatic carbocycles. The molecule has 76 heavy (non-hydrogen) atoms. The van der Waals surface area contributed by atoms with E-state index in [1.165, 1.54) is 0 Å². The number of esters is 1. The summed E-state index contributed by atoms with van der Waals surface area (Å²) >= 11 is 0. The second-order valence-electron chi connectivity index (χ2n) is 17.5. The molecule has 9 aromatic rings. The van der Waals surface area contributed by atoms with Gasteiger partial charge in [-0.1, -0.05) is 24.3 Å². The van der Waals surface area contributed by atoms with Crippen molar-refractivity contribution < 1.29 is 99.3 Å². The minimum Gasteiger partial charge on any atom is -0.657 e. The Balaban J connectivity index is 0.00000706. The SMILES string of the molecule is CN(C)c1c(F)c(F)c(-c2c3nc(c(-c4c(F)c(F)c(N(C)C)c(F)c4F)c4ccc([n-]4)c4c(nc5oc6c(F)c(N(C)C)c(F)c(F)c6c5c5ccc2[n-]5)oc2c(F)c(N(C)C)c(F)c(F)c24)C(=O)O3)c(F)c1F.[Zn+2]. The first-order chi connectivity index (χ1) is 35.3. The van der Waals surface area contributed by atoms with Crippen LogP contribution in [0, 0.1) is 81.4 Å². The van der Waals surface area contributed by atoms with Crippen LogP contribution >= 0.6 is 0 Å². The van der Waals surface area contributed by atoms with Crippen molar-refractivity contribution in [1.29, 1.82) is 0 Å². The maximum absolute atomic E-state index is 16.6. The summed E-state index contributed by atoms with van der Waals surface area (Å²) in [6, 6.07) is 3.15. The number of carbonyl (C=O) groups is 1. The second-order valence-corrected chi connectivity index (χ2v) is 17.5. The molecule has 1 aliphatic heterocycles. The largest absolute Gasteiger partial charge is 2.00 e. The summed E-state index contributed by atoms with van der Waals surface area (Å²) in [6.45, 7) is 0. The molecular weight excluding hydrogens is 1100 g/mol. The number of furan rings is 2.